The van der Waals surface area contributed by atoms with E-state index >= 15 is 0 Å². The van der Waals surface area contributed by atoms with Crippen molar-refractivity contribution in [1.82, 2.24) is 8.96 Å². The lowest BCUT2D eigenvalue weighted by Crippen LogP contribution is -2.14. The van der Waals surface area contributed by atoms with E-state index in [0.29, 0.717) is 16.9 Å². The zero-order chi connectivity index (χ0) is 17.4. The average Bonchev–Trinajstić information content (AvgIpc) is 3.03. The predicted molar refractivity (Wildman–Crippen MR) is 98.9 cm³/mol. The van der Waals surface area contributed by atoms with Gasteiger partial charge in [-0.2, -0.15) is 0 Å². The van der Waals surface area contributed by atoms with Crippen LogP contribution in [0.15, 0.2) is 83.8 Å². The largest absolute Gasteiger partial charge is 0.269 e. The van der Waals surface area contributed by atoms with Gasteiger partial charge in [-0.15, -0.1) is 0 Å². The van der Waals surface area contributed by atoms with E-state index in [4.69, 9.17) is 0 Å². The molecule has 4 rings (SSSR count). The van der Waals surface area contributed by atoms with Gasteiger partial charge in [0.2, 0.25) is 0 Å². The van der Waals surface area contributed by atoms with E-state index in [2.05, 4.69) is 4.98 Å². The summed E-state index contributed by atoms with van der Waals surface area (Å²) in [6, 6.07) is 23.6. The lowest BCUT2D eigenvalue weighted by molar-refractivity contribution is 0.589. The molecule has 0 bridgehead atoms. The summed E-state index contributed by atoms with van der Waals surface area (Å²) in [7, 11) is -3.77. The van der Waals surface area contributed by atoms with Gasteiger partial charge in [0.05, 0.1) is 15.9 Å². The maximum atomic E-state index is 13.4. The first-order valence-electron chi connectivity index (χ1n) is 7.92. The van der Waals surface area contributed by atoms with Gasteiger partial charge >= 0.3 is 0 Å². The maximum Gasteiger partial charge on any atom is 0.269 e. The molecular formula is C20H16N2O2S. The van der Waals surface area contributed by atoms with E-state index in [1.54, 1.807) is 24.3 Å². The second-order valence-corrected chi connectivity index (χ2v) is 7.66. The van der Waals surface area contributed by atoms with Gasteiger partial charge in [0, 0.05) is 5.56 Å². The van der Waals surface area contributed by atoms with Gasteiger partial charge in [0.1, 0.15) is 0 Å². The van der Waals surface area contributed by atoms with Crippen LogP contribution in [0.3, 0.4) is 0 Å². The van der Waals surface area contributed by atoms with Gasteiger partial charge in [-0.05, 0) is 36.8 Å². The highest BCUT2D eigenvalue weighted by Crippen LogP contribution is 2.29. The van der Waals surface area contributed by atoms with Crippen molar-refractivity contribution in [3.8, 4) is 11.4 Å². The molecule has 124 valence electrons. The molecule has 0 aliphatic rings. The molecule has 0 unspecified atom stereocenters. The van der Waals surface area contributed by atoms with E-state index in [9.17, 15) is 8.42 Å². The fourth-order valence-electron chi connectivity index (χ4n) is 2.90. The Morgan fingerprint density at radius 2 is 1.56 bits per heavy atom. The van der Waals surface area contributed by atoms with Crippen LogP contribution in [0.1, 0.15) is 5.56 Å². The maximum absolute atomic E-state index is 13.4. The molecule has 0 atom stereocenters. The first-order valence-corrected chi connectivity index (χ1v) is 9.36. The Morgan fingerprint density at radius 3 is 2.32 bits per heavy atom. The molecule has 3 aromatic carbocycles. The highest BCUT2D eigenvalue weighted by Gasteiger charge is 2.24. The van der Waals surface area contributed by atoms with Crippen molar-refractivity contribution in [3.05, 3.63) is 84.4 Å². The number of hydrogen-bond acceptors (Lipinski definition) is 3. The molecule has 0 amide bonds. The van der Waals surface area contributed by atoms with Crippen molar-refractivity contribution in [2.45, 2.75) is 11.8 Å². The molecule has 0 fully saturated rings. The Hall–Kier alpha value is -2.92. The molecule has 0 spiro atoms. The van der Waals surface area contributed by atoms with Gasteiger partial charge in [-0.25, -0.2) is 17.4 Å². The summed E-state index contributed by atoms with van der Waals surface area (Å²) in [5, 5.41) is 0. The second-order valence-electron chi connectivity index (χ2n) is 5.88. The van der Waals surface area contributed by atoms with Crippen molar-refractivity contribution >= 4 is 21.1 Å². The zero-order valence-corrected chi connectivity index (χ0v) is 14.4. The first kappa shape index (κ1) is 15.6. The SMILES string of the molecule is Cc1cccc(S(=O)(=O)n2c(-c3ccccc3)nc3ccccc32)c1. The highest BCUT2D eigenvalue weighted by molar-refractivity contribution is 7.90. The third kappa shape index (κ3) is 2.62. The standard InChI is InChI=1S/C20H16N2O2S/c1-15-8-7-11-17(14-15)25(23,24)22-19-13-6-5-12-18(19)21-20(22)16-9-3-2-4-10-16/h2-14H,1H3. The van der Waals surface area contributed by atoms with E-state index in [1.807, 2.05) is 61.5 Å². The van der Waals surface area contributed by atoms with Crippen molar-refractivity contribution in [3.63, 3.8) is 0 Å². The molecule has 4 nitrogen and oxygen atoms in total. The van der Waals surface area contributed by atoms with Crippen LogP contribution in [0, 0.1) is 6.92 Å². The molecule has 0 radical (unpaired) electrons. The third-order valence-electron chi connectivity index (χ3n) is 4.08. The highest BCUT2D eigenvalue weighted by atomic mass is 32.2. The van der Waals surface area contributed by atoms with Gasteiger partial charge < -0.3 is 0 Å². The fraction of sp³-hybridized carbons (Fsp3) is 0.0500. The van der Waals surface area contributed by atoms with Crippen molar-refractivity contribution in [2.24, 2.45) is 0 Å². The molecule has 0 saturated heterocycles. The average molecular weight is 348 g/mol. The molecule has 1 aromatic heterocycles. The molecule has 5 heteroatoms. The summed E-state index contributed by atoms with van der Waals surface area (Å²) in [6.45, 7) is 1.88. The summed E-state index contributed by atoms with van der Waals surface area (Å²) in [4.78, 5) is 4.84. The summed E-state index contributed by atoms with van der Waals surface area (Å²) in [5.74, 6) is 0.420. The zero-order valence-electron chi connectivity index (χ0n) is 13.6. The number of nitrogens with zero attached hydrogens (tertiary/aromatic N) is 2. The Labute approximate surface area is 146 Å². The first-order chi connectivity index (χ1) is 12.1. The number of hydrogen-bond donors (Lipinski definition) is 0. The van der Waals surface area contributed by atoms with E-state index in [-0.39, 0.29) is 4.90 Å². The number of aromatic nitrogens is 2. The lowest BCUT2D eigenvalue weighted by Gasteiger charge is -2.11. The van der Waals surface area contributed by atoms with Crippen LogP contribution in [0.5, 0.6) is 0 Å². The second kappa shape index (κ2) is 5.86. The molecule has 0 saturated carbocycles. The predicted octanol–water partition coefficient (Wildman–Crippen LogP) is 4.25. The quantitative estimate of drug-likeness (QED) is 0.556. The Morgan fingerprint density at radius 1 is 0.840 bits per heavy atom. The third-order valence-corrected chi connectivity index (χ3v) is 5.78. The molecule has 1 heterocycles. The monoisotopic (exact) mass is 348 g/mol. The van der Waals surface area contributed by atoms with Crippen LogP contribution >= 0.6 is 0 Å². The normalized spacial score (nSPS) is 11.7. The molecule has 0 N–H and O–H groups in total. The number of rotatable bonds is 3. The summed E-state index contributed by atoms with van der Waals surface area (Å²) in [5.41, 5.74) is 2.88. The molecule has 4 aromatic rings. The van der Waals surface area contributed by atoms with Crippen molar-refractivity contribution in [1.29, 1.82) is 0 Å². The Kier molecular flexibility index (Phi) is 3.66. The van der Waals surface area contributed by atoms with Crippen LogP contribution in [0.4, 0.5) is 0 Å². The number of para-hydroxylation sites is 2. The van der Waals surface area contributed by atoms with Gasteiger partial charge in [-0.3, -0.25) is 0 Å². The van der Waals surface area contributed by atoms with E-state index in [0.717, 1.165) is 11.1 Å². The van der Waals surface area contributed by atoms with Crippen LogP contribution < -0.4 is 0 Å². The van der Waals surface area contributed by atoms with Gasteiger partial charge in [0.15, 0.2) is 5.82 Å². The minimum Gasteiger partial charge on any atom is -0.227 e. The molecule has 25 heavy (non-hydrogen) atoms. The van der Waals surface area contributed by atoms with Crippen LogP contribution in [0.2, 0.25) is 0 Å². The van der Waals surface area contributed by atoms with Gasteiger partial charge in [-0.1, -0.05) is 54.6 Å². The summed E-state index contributed by atoms with van der Waals surface area (Å²) < 4.78 is 28.1. The Bertz CT molecular complexity index is 1160. The minimum atomic E-state index is -3.77. The topological polar surface area (TPSA) is 52.0 Å². The molecule has 0 aliphatic carbocycles. The lowest BCUT2D eigenvalue weighted by atomic mass is 10.2. The summed E-state index contributed by atoms with van der Waals surface area (Å²) in [6.07, 6.45) is 0. The molecule has 0 aliphatic heterocycles. The smallest absolute Gasteiger partial charge is 0.227 e. The number of fused-ring (bicyclic) bond motifs is 1. The number of benzene rings is 3. The van der Waals surface area contributed by atoms with Crippen LogP contribution in [-0.4, -0.2) is 17.4 Å². The van der Waals surface area contributed by atoms with Crippen LogP contribution in [0.25, 0.3) is 22.4 Å². The molecular weight excluding hydrogens is 332 g/mol. The van der Waals surface area contributed by atoms with Gasteiger partial charge in [0.25, 0.3) is 10.0 Å². The summed E-state index contributed by atoms with van der Waals surface area (Å²) >= 11 is 0. The van der Waals surface area contributed by atoms with E-state index < -0.39 is 10.0 Å². The van der Waals surface area contributed by atoms with Crippen molar-refractivity contribution < 1.29 is 8.42 Å². The number of aryl methyl sites for hydroxylation is 1. The minimum absolute atomic E-state index is 0.257. The van der Waals surface area contributed by atoms with Crippen molar-refractivity contribution in [2.75, 3.05) is 0 Å². The number of imidazole rings is 1. The van der Waals surface area contributed by atoms with E-state index in [1.165, 1.54) is 3.97 Å². The fourth-order valence-corrected chi connectivity index (χ4v) is 4.48. The van der Waals surface area contributed by atoms with Crippen LogP contribution in [-0.2, 0) is 10.0 Å². The Balaban J connectivity index is 2.07.